The molecule has 0 aliphatic heterocycles. The fourth-order valence-electron chi connectivity index (χ4n) is 1.07. The molecule has 0 atom stereocenters. The maximum Gasteiger partial charge on any atom is 0.142 e. The van der Waals surface area contributed by atoms with Crippen molar-refractivity contribution >= 4 is 10.9 Å². The summed E-state index contributed by atoms with van der Waals surface area (Å²) >= 11 is 0. The third-order valence-electron chi connectivity index (χ3n) is 1.61. The molecule has 0 unspecified atom stereocenters. The van der Waals surface area contributed by atoms with E-state index in [2.05, 4.69) is 16.1 Å². The molecule has 0 saturated heterocycles. The molecular weight excluding hydrogens is 136 g/mol. The minimum absolute atomic E-state index is 0.681. The van der Waals surface area contributed by atoms with Gasteiger partial charge >= 0.3 is 0 Å². The Kier molecular flexibility index (Phi) is 1.16. The summed E-state index contributed by atoms with van der Waals surface area (Å²) < 4.78 is 0. The summed E-state index contributed by atoms with van der Waals surface area (Å²) in [7, 11) is 0. The fourth-order valence-corrected chi connectivity index (χ4v) is 1.07. The van der Waals surface area contributed by atoms with Crippen molar-refractivity contribution < 1.29 is 0 Å². The van der Waals surface area contributed by atoms with Gasteiger partial charge in [-0.05, 0) is 18.1 Å². The first kappa shape index (κ1) is 5.99. The zero-order chi connectivity index (χ0) is 7.68. The van der Waals surface area contributed by atoms with E-state index < -0.39 is 0 Å². The number of nitrogens with one attached hydrogen (secondary N) is 1. The standard InChI is InChI=1S/C9H6N2/c1-2-8-7-5-3-4-6-9(7)11-10-8/h1,3-6H,(H,10,11). The topological polar surface area (TPSA) is 28.7 Å². The lowest BCUT2D eigenvalue weighted by atomic mass is 10.2. The molecule has 0 fully saturated rings. The van der Waals surface area contributed by atoms with E-state index >= 15 is 0 Å². The Bertz CT molecular complexity index is 420. The van der Waals surface area contributed by atoms with Crippen LogP contribution in [0, 0.1) is 12.3 Å². The number of nitrogens with zero attached hydrogens (tertiary/aromatic N) is 1. The van der Waals surface area contributed by atoms with Crippen LogP contribution in [0.5, 0.6) is 0 Å². The van der Waals surface area contributed by atoms with Crippen LogP contribution in [0.25, 0.3) is 10.9 Å². The van der Waals surface area contributed by atoms with Gasteiger partial charge < -0.3 is 0 Å². The Labute approximate surface area is 64.2 Å². The Morgan fingerprint density at radius 1 is 1.36 bits per heavy atom. The van der Waals surface area contributed by atoms with Crippen molar-refractivity contribution in [3.63, 3.8) is 0 Å². The smallest absolute Gasteiger partial charge is 0.142 e. The molecule has 0 aliphatic carbocycles. The summed E-state index contributed by atoms with van der Waals surface area (Å²) in [5, 5.41) is 7.81. The number of hydrogen-bond acceptors (Lipinski definition) is 1. The molecule has 1 aromatic carbocycles. The van der Waals surface area contributed by atoms with Gasteiger partial charge in [-0.15, -0.1) is 6.42 Å². The van der Waals surface area contributed by atoms with Crippen molar-refractivity contribution in [2.45, 2.75) is 0 Å². The minimum atomic E-state index is 0.681. The van der Waals surface area contributed by atoms with Gasteiger partial charge in [-0.1, -0.05) is 12.1 Å². The zero-order valence-electron chi connectivity index (χ0n) is 5.83. The van der Waals surface area contributed by atoms with Gasteiger partial charge in [-0.2, -0.15) is 5.10 Å². The van der Waals surface area contributed by atoms with E-state index in [0.29, 0.717) is 5.69 Å². The molecule has 2 nitrogen and oxygen atoms in total. The van der Waals surface area contributed by atoms with E-state index in [1.807, 2.05) is 24.3 Å². The van der Waals surface area contributed by atoms with E-state index in [-0.39, 0.29) is 0 Å². The zero-order valence-corrected chi connectivity index (χ0v) is 5.83. The second-order valence-electron chi connectivity index (χ2n) is 2.26. The number of rotatable bonds is 0. The number of aromatic nitrogens is 2. The molecule has 0 saturated carbocycles. The molecule has 2 aromatic rings. The van der Waals surface area contributed by atoms with Crippen molar-refractivity contribution in [3.8, 4) is 12.3 Å². The van der Waals surface area contributed by atoms with Crippen LogP contribution in [0.4, 0.5) is 0 Å². The first-order valence-corrected chi connectivity index (χ1v) is 3.31. The normalized spacial score (nSPS) is 9.73. The van der Waals surface area contributed by atoms with Crippen molar-refractivity contribution in [1.82, 2.24) is 10.2 Å². The fraction of sp³-hybridized carbons (Fsp3) is 0. The Morgan fingerprint density at radius 2 is 2.18 bits per heavy atom. The monoisotopic (exact) mass is 142 g/mol. The number of aromatic amines is 1. The van der Waals surface area contributed by atoms with Gasteiger partial charge in [0.05, 0.1) is 5.52 Å². The van der Waals surface area contributed by atoms with Gasteiger partial charge in [0.1, 0.15) is 5.69 Å². The number of fused-ring (bicyclic) bond motifs is 1. The van der Waals surface area contributed by atoms with Gasteiger partial charge in [0, 0.05) is 5.39 Å². The minimum Gasteiger partial charge on any atom is -0.277 e. The van der Waals surface area contributed by atoms with Gasteiger partial charge in [0.25, 0.3) is 0 Å². The average Bonchev–Trinajstić information content (AvgIpc) is 2.47. The van der Waals surface area contributed by atoms with E-state index in [4.69, 9.17) is 6.42 Å². The second-order valence-corrected chi connectivity index (χ2v) is 2.26. The molecule has 2 heteroatoms. The predicted octanol–water partition coefficient (Wildman–Crippen LogP) is 1.54. The molecule has 1 aromatic heterocycles. The highest BCUT2D eigenvalue weighted by atomic mass is 15.1. The number of terminal acetylenes is 1. The second kappa shape index (κ2) is 2.14. The third kappa shape index (κ3) is 0.786. The average molecular weight is 142 g/mol. The van der Waals surface area contributed by atoms with Crippen molar-refractivity contribution in [1.29, 1.82) is 0 Å². The number of hydrogen-bond donors (Lipinski definition) is 1. The maximum absolute atomic E-state index is 5.23. The number of H-pyrrole nitrogens is 1. The summed E-state index contributed by atoms with van der Waals surface area (Å²) in [4.78, 5) is 0. The van der Waals surface area contributed by atoms with Crippen LogP contribution in [0.15, 0.2) is 24.3 Å². The first-order valence-electron chi connectivity index (χ1n) is 3.31. The van der Waals surface area contributed by atoms with Gasteiger partial charge in [-0.25, -0.2) is 0 Å². The summed E-state index contributed by atoms with van der Waals surface area (Å²) in [6.07, 6.45) is 5.23. The highest BCUT2D eigenvalue weighted by Crippen LogP contribution is 2.13. The number of para-hydroxylation sites is 1. The summed E-state index contributed by atoms with van der Waals surface area (Å²) in [5.74, 6) is 2.51. The summed E-state index contributed by atoms with van der Waals surface area (Å²) in [6, 6.07) is 7.79. The van der Waals surface area contributed by atoms with E-state index in [1.54, 1.807) is 0 Å². The number of benzene rings is 1. The molecule has 1 heterocycles. The SMILES string of the molecule is C#Cc1n[nH]c2ccccc12. The Morgan fingerprint density at radius 3 is 3.00 bits per heavy atom. The molecule has 0 bridgehead atoms. The van der Waals surface area contributed by atoms with Crippen LogP contribution in [-0.4, -0.2) is 10.2 Å². The molecule has 0 aliphatic rings. The predicted molar refractivity (Wildman–Crippen MR) is 44.0 cm³/mol. The van der Waals surface area contributed by atoms with Crippen molar-refractivity contribution in [3.05, 3.63) is 30.0 Å². The molecule has 0 amide bonds. The largest absolute Gasteiger partial charge is 0.277 e. The summed E-state index contributed by atoms with van der Waals surface area (Å²) in [6.45, 7) is 0. The molecule has 52 valence electrons. The van der Waals surface area contributed by atoms with Crippen LogP contribution in [0.2, 0.25) is 0 Å². The van der Waals surface area contributed by atoms with Crippen molar-refractivity contribution in [2.75, 3.05) is 0 Å². The van der Waals surface area contributed by atoms with E-state index in [9.17, 15) is 0 Å². The molecule has 0 radical (unpaired) electrons. The van der Waals surface area contributed by atoms with E-state index in [0.717, 1.165) is 10.9 Å². The van der Waals surface area contributed by atoms with Gasteiger partial charge in [-0.3, -0.25) is 5.10 Å². The highest BCUT2D eigenvalue weighted by Gasteiger charge is 1.98. The highest BCUT2D eigenvalue weighted by molar-refractivity contribution is 5.83. The van der Waals surface area contributed by atoms with Crippen LogP contribution in [0.3, 0.4) is 0 Å². The molecule has 1 N–H and O–H groups in total. The van der Waals surface area contributed by atoms with Crippen LogP contribution in [0.1, 0.15) is 5.69 Å². The van der Waals surface area contributed by atoms with Crippen molar-refractivity contribution in [2.24, 2.45) is 0 Å². The summed E-state index contributed by atoms with van der Waals surface area (Å²) in [5.41, 5.74) is 1.67. The third-order valence-corrected chi connectivity index (χ3v) is 1.61. The molecular formula is C9H6N2. The Balaban J connectivity index is 2.89. The van der Waals surface area contributed by atoms with Crippen LogP contribution >= 0.6 is 0 Å². The molecule has 2 rings (SSSR count). The van der Waals surface area contributed by atoms with Gasteiger partial charge in [0.2, 0.25) is 0 Å². The lowest BCUT2D eigenvalue weighted by Gasteiger charge is -1.84. The van der Waals surface area contributed by atoms with E-state index in [1.165, 1.54) is 0 Å². The first-order chi connectivity index (χ1) is 5.42. The lowest BCUT2D eigenvalue weighted by Crippen LogP contribution is -1.71. The van der Waals surface area contributed by atoms with Crippen LogP contribution in [-0.2, 0) is 0 Å². The van der Waals surface area contributed by atoms with Crippen LogP contribution < -0.4 is 0 Å². The lowest BCUT2D eigenvalue weighted by molar-refractivity contribution is 1.10. The Hall–Kier alpha value is -1.75. The molecule has 0 spiro atoms. The maximum atomic E-state index is 5.23. The quantitative estimate of drug-likeness (QED) is 0.555. The molecule has 11 heavy (non-hydrogen) atoms. The van der Waals surface area contributed by atoms with Gasteiger partial charge in [0.15, 0.2) is 0 Å².